The van der Waals surface area contributed by atoms with Crippen LogP contribution in [-0.2, 0) is 6.54 Å². The van der Waals surface area contributed by atoms with Crippen molar-refractivity contribution in [3.8, 4) is 5.75 Å². The fourth-order valence-electron chi connectivity index (χ4n) is 2.34. The van der Waals surface area contributed by atoms with Crippen LogP contribution in [0.1, 0.15) is 15.9 Å². The molecule has 1 heterocycles. The van der Waals surface area contributed by atoms with Crippen molar-refractivity contribution in [2.75, 3.05) is 12.0 Å². The molecule has 0 N–H and O–H groups in total. The summed E-state index contributed by atoms with van der Waals surface area (Å²) >= 11 is 3.43. The van der Waals surface area contributed by atoms with E-state index in [9.17, 15) is 4.79 Å². The molecule has 0 unspecified atom stereocenters. The lowest BCUT2D eigenvalue weighted by molar-refractivity contribution is 0.0996. The molecular formula is C15H12BrNO2. The van der Waals surface area contributed by atoms with Crippen molar-refractivity contribution in [2.45, 2.75) is 6.54 Å². The van der Waals surface area contributed by atoms with Gasteiger partial charge in [0.25, 0.3) is 5.91 Å². The van der Waals surface area contributed by atoms with Crippen LogP contribution in [0.15, 0.2) is 46.9 Å². The average molecular weight is 318 g/mol. The molecule has 0 atom stereocenters. The van der Waals surface area contributed by atoms with E-state index in [-0.39, 0.29) is 5.91 Å². The van der Waals surface area contributed by atoms with Gasteiger partial charge in [0.05, 0.1) is 19.3 Å². The average Bonchev–Trinajstić information content (AvgIpc) is 2.75. The summed E-state index contributed by atoms with van der Waals surface area (Å²) in [4.78, 5) is 14.2. The van der Waals surface area contributed by atoms with Crippen molar-refractivity contribution in [2.24, 2.45) is 0 Å². The van der Waals surface area contributed by atoms with Gasteiger partial charge in [-0.05, 0) is 35.9 Å². The molecule has 0 aromatic heterocycles. The number of amides is 1. The van der Waals surface area contributed by atoms with Gasteiger partial charge in [-0.25, -0.2) is 0 Å². The summed E-state index contributed by atoms with van der Waals surface area (Å²) in [6, 6.07) is 13.3. The van der Waals surface area contributed by atoms with Gasteiger partial charge in [-0.1, -0.05) is 28.1 Å². The lowest BCUT2D eigenvalue weighted by Crippen LogP contribution is -2.23. The maximum absolute atomic E-state index is 12.4. The Labute approximate surface area is 119 Å². The fourth-order valence-corrected chi connectivity index (χ4v) is 2.75. The van der Waals surface area contributed by atoms with E-state index in [1.54, 1.807) is 12.0 Å². The Balaban J connectivity index is 2.04. The monoisotopic (exact) mass is 317 g/mol. The van der Waals surface area contributed by atoms with E-state index in [4.69, 9.17) is 4.74 Å². The second-order valence-corrected chi connectivity index (χ2v) is 5.28. The van der Waals surface area contributed by atoms with Gasteiger partial charge in [0.15, 0.2) is 0 Å². The smallest absolute Gasteiger partial charge is 0.259 e. The summed E-state index contributed by atoms with van der Waals surface area (Å²) in [5.41, 5.74) is 2.60. The van der Waals surface area contributed by atoms with Crippen LogP contribution >= 0.6 is 15.9 Å². The highest BCUT2D eigenvalue weighted by Crippen LogP contribution is 2.35. The van der Waals surface area contributed by atoms with E-state index in [0.717, 1.165) is 21.3 Å². The number of carbonyl (C=O) groups is 1. The molecule has 1 aliphatic heterocycles. The third-order valence-electron chi connectivity index (χ3n) is 3.25. The maximum atomic E-state index is 12.4. The second-order valence-electron chi connectivity index (χ2n) is 4.36. The van der Waals surface area contributed by atoms with Gasteiger partial charge in [-0.3, -0.25) is 4.79 Å². The Bertz CT molecular complexity index is 654. The zero-order valence-electron chi connectivity index (χ0n) is 10.4. The van der Waals surface area contributed by atoms with E-state index >= 15 is 0 Å². The largest absolute Gasteiger partial charge is 0.495 e. The van der Waals surface area contributed by atoms with Crippen LogP contribution in [0.5, 0.6) is 5.75 Å². The van der Waals surface area contributed by atoms with Crippen LogP contribution in [0.25, 0.3) is 0 Å². The third-order valence-corrected chi connectivity index (χ3v) is 3.74. The van der Waals surface area contributed by atoms with Gasteiger partial charge in [0, 0.05) is 10.0 Å². The first-order valence-corrected chi connectivity index (χ1v) is 6.73. The molecule has 4 heteroatoms. The normalized spacial score (nSPS) is 13.6. The highest BCUT2D eigenvalue weighted by molar-refractivity contribution is 9.10. The highest BCUT2D eigenvalue weighted by atomic mass is 79.9. The van der Waals surface area contributed by atoms with Crippen molar-refractivity contribution in [3.63, 3.8) is 0 Å². The van der Waals surface area contributed by atoms with Gasteiger partial charge in [-0.2, -0.15) is 0 Å². The Hall–Kier alpha value is -1.81. The molecule has 0 aliphatic carbocycles. The van der Waals surface area contributed by atoms with Crippen molar-refractivity contribution >= 4 is 27.5 Å². The summed E-state index contributed by atoms with van der Waals surface area (Å²) in [7, 11) is 1.61. The first-order valence-electron chi connectivity index (χ1n) is 5.94. The number of hydrogen-bond donors (Lipinski definition) is 0. The number of para-hydroxylation sites is 2. The maximum Gasteiger partial charge on any atom is 0.259 e. The minimum Gasteiger partial charge on any atom is -0.495 e. The van der Waals surface area contributed by atoms with Gasteiger partial charge in [-0.15, -0.1) is 0 Å². The van der Waals surface area contributed by atoms with Crippen molar-refractivity contribution in [3.05, 3.63) is 58.1 Å². The molecular weight excluding hydrogens is 306 g/mol. The number of rotatable bonds is 2. The molecule has 2 aromatic rings. The molecule has 0 saturated heterocycles. The van der Waals surface area contributed by atoms with Crippen LogP contribution in [0.3, 0.4) is 0 Å². The van der Waals surface area contributed by atoms with Crippen LogP contribution in [0.4, 0.5) is 5.69 Å². The van der Waals surface area contributed by atoms with Crippen LogP contribution in [-0.4, -0.2) is 13.0 Å². The number of ether oxygens (including phenoxy) is 1. The Kier molecular flexibility index (Phi) is 3.03. The van der Waals surface area contributed by atoms with Gasteiger partial charge in [0.2, 0.25) is 0 Å². The number of halogens is 1. The molecule has 1 aliphatic rings. The van der Waals surface area contributed by atoms with Crippen molar-refractivity contribution < 1.29 is 9.53 Å². The standard InChI is InChI=1S/C15H12BrNO2/c1-19-14-5-3-2-4-13(14)17-9-10-8-11(16)6-7-12(10)15(17)18/h2-8H,9H2,1H3. The van der Waals surface area contributed by atoms with E-state index in [0.29, 0.717) is 12.3 Å². The minimum absolute atomic E-state index is 0.0204. The van der Waals surface area contributed by atoms with Gasteiger partial charge >= 0.3 is 0 Å². The first-order chi connectivity index (χ1) is 9.20. The second kappa shape index (κ2) is 4.70. The summed E-state index contributed by atoms with van der Waals surface area (Å²) in [6.45, 7) is 0.577. The molecule has 3 nitrogen and oxygen atoms in total. The summed E-state index contributed by atoms with van der Waals surface area (Å²) in [5, 5.41) is 0. The number of methoxy groups -OCH3 is 1. The van der Waals surface area contributed by atoms with Gasteiger partial charge < -0.3 is 9.64 Å². The summed E-state index contributed by atoms with van der Waals surface area (Å²) in [5.74, 6) is 0.731. The predicted octanol–water partition coefficient (Wildman–Crippen LogP) is 3.62. The summed E-state index contributed by atoms with van der Waals surface area (Å²) in [6.07, 6.45) is 0. The van der Waals surface area contributed by atoms with E-state index in [1.807, 2.05) is 42.5 Å². The Morgan fingerprint density at radius 1 is 1.21 bits per heavy atom. The third kappa shape index (κ3) is 2.02. The van der Waals surface area contributed by atoms with E-state index in [1.165, 1.54) is 0 Å². The topological polar surface area (TPSA) is 29.5 Å². The molecule has 3 rings (SSSR count). The molecule has 1 amide bonds. The lowest BCUT2D eigenvalue weighted by Gasteiger charge is -2.18. The van der Waals surface area contributed by atoms with Crippen molar-refractivity contribution in [1.82, 2.24) is 0 Å². The number of benzene rings is 2. The Morgan fingerprint density at radius 3 is 2.79 bits per heavy atom. The fraction of sp³-hybridized carbons (Fsp3) is 0.133. The minimum atomic E-state index is 0.0204. The zero-order chi connectivity index (χ0) is 13.4. The predicted molar refractivity (Wildman–Crippen MR) is 77.6 cm³/mol. The van der Waals surface area contributed by atoms with Crippen molar-refractivity contribution in [1.29, 1.82) is 0 Å². The van der Waals surface area contributed by atoms with Gasteiger partial charge in [0.1, 0.15) is 5.75 Å². The SMILES string of the molecule is COc1ccccc1N1Cc2cc(Br)ccc2C1=O. The van der Waals surface area contributed by atoms with Crippen LogP contribution in [0, 0.1) is 0 Å². The van der Waals surface area contributed by atoms with E-state index < -0.39 is 0 Å². The highest BCUT2D eigenvalue weighted by Gasteiger charge is 2.29. The molecule has 0 bridgehead atoms. The number of fused-ring (bicyclic) bond motifs is 1. The first kappa shape index (κ1) is 12.2. The lowest BCUT2D eigenvalue weighted by atomic mass is 10.1. The molecule has 0 spiro atoms. The molecule has 2 aromatic carbocycles. The Morgan fingerprint density at radius 2 is 2.00 bits per heavy atom. The number of anilines is 1. The zero-order valence-corrected chi connectivity index (χ0v) is 12.0. The number of nitrogens with zero attached hydrogens (tertiary/aromatic N) is 1. The number of hydrogen-bond acceptors (Lipinski definition) is 2. The quantitative estimate of drug-likeness (QED) is 0.846. The molecule has 0 fully saturated rings. The number of carbonyl (C=O) groups excluding carboxylic acids is 1. The summed E-state index contributed by atoms with van der Waals surface area (Å²) < 4.78 is 6.31. The van der Waals surface area contributed by atoms with E-state index in [2.05, 4.69) is 15.9 Å². The molecule has 96 valence electrons. The van der Waals surface area contributed by atoms with Crippen LogP contribution in [0.2, 0.25) is 0 Å². The molecule has 0 radical (unpaired) electrons. The van der Waals surface area contributed by atoms with Crippen LogP contribution < -0.4 is 9.64 Å². The molecule has 0 saturated carbocycles. The molecule has 19 heavy (non-hydrogen) atoms.